The van der Waals surface area contributed by atoms with Gasteiger partial charge < -0.3 is 36.2 Å². The van der Waals surface area contributed by atoms with Gasteiger partial charge in [0.05, 0.1) is 22.8 Å². The van der Waals surface area contributed by atoms with E-state index < -0.39 is 61.6 Å². The van der Waals surface area contributed by atoms with Gasteiger partial charge in [-0.25, -0.2) is 9.59 Å². The van der Waals surface area contributed by atoms with Crippen LogP contribution in [-0.4, -0.2) is 137 Å². The summed E-state index contributed by atoms with van der Waals surface area (Å²) < 4.78 is 67.4. The van der Waals surface area contributed by atoms with Gasteiger partial charge in [-0.1, -0.05) is 72.8 Å². The van der Waals surface area contributed by atoms with Gasteiger partial charge in [-0.2, -0.15) is 21.4 Å². The minimum atomic E-state index is -4.11. The number of fused-ring (bicyclic) bond motifs is 2. The number of unbranched alkanes of at least 4 members (excludes halogenated alkanes) is 3. The molecule has 482 valence electrons. The zero-order valence-electron chi connectivity index (χ0n) is 50.9. The molecular weight excluding hydrogens is 1180 g/mol. The van der Waals surface area contributed by atoms with Crippen molar-refractivity contribution in [2.45, 2.75) is 160 Å². The zero-order valence-corrected chi connectivity index (χ0v) is 52.6. The minimum Gasteiger partial charge on any atom is -0.481 e. The Bertz CT molecular complexity index is 3440. The van der Waals surface area contributed by atoms with Crippen LogP contribution in [-0.2, 0) is 73.7 Å². The fraction of sp³-hybridized carbons (Fsp3) is 0.485. The molecule has 8 N–H and O–H groups in total. The number of anilines is 1. The molecule has 0 saturated heterocycles. The highest BCUT2D eigenvalue weighted by Crippen LogP contribution is 2.41. The first-order valence-electron chi connectivity index (χ1n) is 30.7. The van der Waals surface area contributed by atoms with E-state index in [4.69, 9.17) is 5.11 Å². The standard InChI is InChI=1S/C66H85N5O16S2/c1-66(2)56-21-5-7-23-59(56)71(39-10-12-41-89(85,86)87)60(66)35-31-49-18-13-17-48(30-32-52-44-50-16-3-6-22-58(50)70(52)38-9-11-40-88(82,83)84)55(49)43-47-28-26-46(27-29-47)42-51(63(77)78)45-54(73)20-14-36-67-61(74)24-8-4-19-53(72)33-34-57(64(79)80)69-65(81)68-37-15-25-62(75)76/h3,5-7,16,21-23,26-32,35,51,57H,4,8-15,17-20,24-25,33-34,36-45H2,1-2H3,(H7-,67,68,69,74,75,76,77,78,79,80,81,82,83,84,85,86,87)/p+1/t51-,57+/m1/s1. The Morgan fingerprint density at radius 1 is 0.674 bits per heavy atom. The Hall–Kier alpha value is -7.60. The van der Waals surface area contributed by atoms with Gasteiger partial charge in [-0.05, 0) is 143 Å². The summed E-state index contributed by atoms with van der Waals surface area (Å²) in [6.45, 7) is 5.71. The zero-order chi connectivity index (χ0) is 64.7. The van der Waals surface area contributed by atoms with E-state index in [0.29, 0.717) is 70.9 Å². The largest absolute Gasteiger partial charge is 0.481 e. The Kier molecular flexibility index (Phi) is 26.8. The number of benzene rings is 3. The first-order chi connectivity index (χ1) is 42.3. The molecule has 3 aromatic carbocycles. The van der Waals surface area contributed by atoms with Crippen LogP contribution < -0.4 is 20.9 Å². The predicted octanol–water partition coefficient (Wildman–Crippen LogP) is 9.18. The molecule has 3 aromatic rings. The number of amides is 3. The van der Waals surface area contributed by atoms with Gasteiger partial charge in [-0.15, -0.1) is 0 Å². The summed E-state index contributed by atoms with van der Waals surface area (Å²) in [5, 5.41) is 35.8. The Morgan fingerprint density at radius 2 is 1.33 bits per heavy atom. The summed E-state index contributed by atoms with van der Waals surface area (Å²) in [5.41, 5.74) is 11.3. The maximum Gasteiger partial charge on any atom is 0.326 e. The molecule has 3 aliphatic rings. The molecule has 6 rings (SSSR count). The van der Waals surface area contributed by atoms with Crippen LogP contribution >= 0.6 is 0 Å². The normalized spacial score (nSPS) is 16.3. The second-order valence-electron chi connectivity index (χ2n) is 23.7. The van der Waals surface area contributed by atoms with Crippen LogP contribution in [0.15, 0.2) is 120 Å². The molecule has 0 saturated carbocycles. The maximum atomic E-state index is 13.1. The number of carboxylic acid groups (broad SMARTS) is 3. The Labute approximate surface area is 522 Å². The van der Waals surface area contributed by atoms with Crippen molar-refractivity contribution in [2.24, 2.45) is 5.92 Å². The first kappa shape index (κ1) is 70.5. The summed E-state index contributed by atoms with van der Waals surface area (Å²) >= 11 is 0. The third-order valence-corrected chi connectivity index (χ3v) is 18.0. The monoisotopic (exact) mass is 1270 g/mol. The molecule has 0 unspecified atom stereocenters. The van der Waals surface area contributed by atoms with Gasteiger partial charge in [0, 0.05) is 100 Å². The van der Waals surface area contributed by atoms with Crippen molar-refractivity contribution >= 4 is 78.7 Å². The van der Waals surface area contributed by atoms with E-state index >= 15 is 0 Å². The molecule has 0 bridgehead atoms. The summed E-state index contributed by atoms with van der Waals surface area (Å²) in [5.74, 6) is -5.81. The number of ketones is 2. The van der Waals surface area contributed by atoms with Crippen LogP contribution in [0.25, 0.3) is 0 Å². The van der Waals surface area contributed by atoms with E-state index in [1.165, 1.54) is 0 Å². The smallest absolute Gasteiger partial charge is 0.326 e. The number of nitrogens with one attached hydrogen (secondary N) is 3. The summed E-state index contributed by atoms with van der Waals surface area (Å²) in [6, 6.07) is 22.0. The van der Waals surface area contributed by atoms with Crippen molar-refractivity contribution in [3.05, 3.63) is 142 Å². The van der Waals surface area contributed by atoms with Gasteiger partial charge >= 0.3 is 23.9 Å². The molecule has 2 atom stereocenters. The molecule has 89 heavy (non-hydrogen) atoms. The molecule has 23 heteroatoms. The van der Waals surface area contributed by atoms with Crippen LogP contribution in [0.4, 0.5) is 16.2 Å². The highest BCUT2D eigenvalue weighted by Gasteiger charge is 2.44. The highest BCUT2D eigenvalue weighted by molar-refractivity contribution is 7.86. The quantitative estimate of drug-likeness (QED) is 0.0150. The lowest BCUT2D eigenvalue weighted by atomic mass is 9.80. The molecule has 0 fully saturated rings. The number of para-hydroxylation sites is 2. The lowest BCUT2D eigenvalue weighted by Gasteiger charge is -2.24. The van der Waals surface area contributed by atoms with E-state index in [-0.39, 0.29) is 99.9 Å². The van der Waals surface area contributed by atoms with Crippen LogP contribution in [0.5, 0.6) is 0 Å². The third kappa shape index (κ3) is 23.1. The number of carboxylic acids is 3. The molecule has 2 aliphatic heterocycles. The van der Waals surface area contributed by atoms with Crippen molar-refractivity contribution in [1.82, 2.24) is 16.0 Å². The van der Waals surface area contributed by atoms with Gasteiger partial charge in [0.25, 0.3) is 20.2 Å². The lowest BCUT2D eigenvalue weighted by Crippen LogP contribution is -2.46. The summed E-state index contributed by atoms with van der Waals surface area (Å²) in [7, 11) is -8.20. The average molecular weight is 1270 g/mol. The predicted molar refractivity (Wildman–Crippen MR) is 339 cm³/mol. The van der Waals surface area contributed by atoms with Crippen LogP contribution in [0.1, 0.15) is 152 Å². The first-order valence-corrected chi connectivity index (χ1v) is 33.9. The minimum absolute atomic E-state index is 0.0380. The van der Waals surface area contributed by atoms with Crippen LogP contribution in [0, 0.1) is 5.92 Å². The number of urea groups is 1. The number of rotatable bonds is 38. The van der Waals surface area contributed by atoms with E-state index in [9.17, 15) is 69.7 Å². The maximum absolute atomic E-state index is 13.1. The van der Waals surface area contributed by atoms with Crippen molar-refractivity contribution in [3.63, 3.8) is 0 Å². The second-order valence-corrected chi connectivity index (χ2v) is 26.8. The number of allylic oxidation sites excluding steroid dienone is 8. The fourth-order valence-electron chi connectivity index (χ4n) is 11.7. The topological polar surface area (TPSA) is 331 Å². The van der Waals surface area contributed by atoms with Crippen molar-refractivity contribution in [3.8, 4) is 0 Å². The van der Waals surface area contributed by atoms with Crippen molar-refractivity contribution < 1.29 is 79.4 Å². The molecular formula is C66H86N5O16S2+. The van der Waals surface area contributed by atoms with Gasteiger partial charge in [0.15, 0.2) is 5.71 Å². The number of Topliss-reactive ketones (excluding diaryl/α,β-unsaturated/α-hetero) is 2. The van der Waals surface area contributed by atoms with Gasteiger partial charge in [0.1, 0.15) is 24.2 Å². The third-order valence-electron chi connectivity index (χ3n) is 16.4. The van der Waals surface area contributed by atoms with E-state index in [1.54, 1.807) is 0 Å². The number of aliphatic carboxylic acids is 3. The van der Waals surface area contributed by atoms with Crippen molar-refractivity contribution in [1.29, 1.82) is 0 Å². The molecule has 0 radical (unpaired) electrons. The molecule has 0 aromatic heterocycles. The number of hydrogen-bond acceptors (Lipinski definition) is 12. The number of carbonyl (C=O) groups excluding carboxylic acids is 4. The summed E-state index contributed by atoms with van der Waals surface area (Å²) in [4.78, 5) is 87.2. The number of carbonyl (C=O) groups is 7. The van der Waals surface area contributed by atoms with Gasteiger partial charge in [0.2, 0.25) is 11.6 Å². The SMILES string of the molecule is CC1(C)C(/C=C/C2=C(Cc3ccc(C[C@H](CC(=O)CCCNC(=O)CCCCC(=O)CC[C@H](NC(=O)NCCCC(=O)O)C(=O)O)C(=O)O)cc3)C(=C/C=C3\Cc4ccccc4N3CCCCS(=O)(=O)O)/CCC2)=[N+](CCCCS(=O)(=O)O)c2ccccc21. The highest BCUT2D eigenvalue weighted by atomic mass is 32.2. The van der Waals surface area contributed by atoms with E-state index in [1.807, 2.05) is 48.5 Å². The fourth-order valence-corrected chi connectivity index (χ4v) is 12.8. The van der Waals surface area contributed by atoms with Crippen LogP contribution in [0.3, 0.4) is 0 Å². The number of nitrogens with zero attached hydrogens (tertiary/aromatic N) is 2. The van der Waals surface area contributed by atoms with Crippen molar-refractivity contribution in [2.75, 3.05) is 42.6 Å². The lowest BCUT2D eigenvalue weighted by molar-refractivity contribution is -0.438. The van der Waals surface area contributed by atoms with Gasteiger partial charge in [-0.3, -0.25) is 33.1 Å². The Balaban J connectivity index is 1.08. The molecule has 21 nitrogen and oxygen atoms in total. The van der Waals surface area contributed by atoms with Crippen LogP contribution in [0.2, 0.25) is 0 Å². The van der Waals surface area contributed by atoms with E-state index in [2.05, 4.69) is 87.8 Å². The second kappa shape index (κ2) is 33.8. The molecule has 2 heterocycles. The van der Waals surface area contributed by atoms with E-state index in [0.717, 1.165) is 81.0 Å². The molecule has 3 amide bonds. The molecule has 1 aliphatic carbocycles. The summed E-state index contributed by atoms with van der Waals surface area (Å²) in [6.07, 6.45) is 15.2. The molecule has 0 spiro atoms. The number of hydrogen-bond donors (Lipinski definition) is 8. The average Bonchev–Trinajstić information content (AvgIpc) is 1.75. The Morgan fingerprint density at radius 3 is 2.03 bits per heavy atom.